The van der Waals surface area contributed by atoms with Crippen molar-refractivity contribution >= 4 is 28.5 Å². The average Bonchev–Trinajstić information content (AvgIpc) is 2.81. The van der Waals surface area contributed by atoms with Crippen LogP contribution in [-0.4, -0.2) is 38.7 Å². The normalized spacial score (nSPS) is 19.5. The Balaban J connectivity index is 1.77. The summed E-state index contributed by atoms with van der Waals surface area (Å²) < 4.78 is 2.10. The first-order chi connectivity index (χ1) is 9.63. The number of aromatic nitrogens is 3. The summed E-state index contributed by atoms with van der Waals surface area (Å²) in [7, 11) is 0. The maximum atomic E-state index is 11.5. The van der Waals surface area contributed by atoms with Gasteiger partial charge < -0.3 is 9.47 Å². The van der Waals surface area contributed by atoms with Gasteiger partial charge in [-0.3, -0.25) is 4.79 Å². The Kier molecular flexibility index (Phi) is 3.61. The number of carbonyl (C=O) groups is 1. The van der Waals surface area contributed by atoms with Gasteiger partial charge in [-0.2, -0.15) is 0 Å². The van der Waals surface area contributed by atoms with E-state index in [1.807, 2.05) is 23.2 Å². The molecule has 0 bridgehead atoms. The zero-order valence-electron chi connectivity index (χ0n) is 11.4. The van der Waals surface area contributed by atoms with E-state index in [1.54, 1.807) is 6.92 Å². The van der Waals surface area contributed by atoms with Crippen LogP contribution in [0.1, 0.15) is 19.8 Å². The van der Waals surface area contributed by atoms with Crippen LogP contribution in [0.2, 0.25) is 5.15 Å². The summed E-state index contributed by atoms with van der Waals surface area (Å²) in [4.78, 5) is 13.4. The topological polar surface area (TPSA) is 51.0 Å². The molecule has 0 saturated carbocycles. The van der Waals surface area contributed by atoms with E-state index in [-0.39, 0.29) is 5.91 Å². The number of hydrogen-bond acceptors (Lipinski definition) is 3. The van der Waals surface area contributed by atoms with Crippen LogP contribution in [0.3, 0.4) is 0 Å². The lowest BCUT2D eigenvalue weighted by atomic mass is 9.98. The summed E-state index contributed by atoms with van der Waals surface area (Å²) in [5.74, 6) is 0.638. The molecule has 20 heavy (non-hydrogen) atoms. The summed E-state index contributed by atoms with van der Waals surface area (Å²) in [6, 6.07) is 3.82. The van der Waals surface area contributed by atoms with Gasteiger partial charge in [-0.1, -0.05) is 11.6 Å². The molecule has 1 aliphatic rings. The molecule has 1 amide bonds. The zero-order valence-corrected chi connectivity index (χ0v) is 12.2. The highest BCUT2D eigenvalue weighted by atomic mass is 35.5. The smallest absolute Gasteiger partial charge is 0.219 e. The molecule has 5 nitrogen and oxygen atoms in total. The average molecular weight is 293 g/mol. The first kappa shape index (κ1) is 13.4. The Morgan fingerprint density at radius 2 is 2.35 bits per heavy atom. The molecule has 3 rings (SSSR count). The van der Waals surface area contributed by atoms with Gasteiger partial charge in [-0.05, 0) is 30.9 Å². The van der Waals surface area contributed by atoms with Crippen LogP contribution in [0.25, 0.3) is 11.0 Å². The molecule has 2 aromatic heterocycles. The maximum Gasteiger partial charge on any atom is 0.219 e. The predicted molar refractivity (Wildman–Crippen MR) is 77.5 cm³/mol. The molecule has 0 aliphatic carbocycles. The van der Waals surface area contributed by atoms with Crippen molar-refractivity contribution in [3.05, 3.63) is 23.5 Å². The summed E-state index contributed by atoms with van der Waals surface area (Å²) in [5.41, 5.74) is 0.856. The standard InChI is InChI=1S/C14H17ClN4O/c1-10(20)18-5-2-3-11(8-18)9-19-6-4-12-7-13(15)16-17-14(12)19/h4,6-7,11H,2-3,5,8-9H2,1H3. The molecular weight excluding hydrogens is 276 g/mol. The van der Waals surface area contributed by atoms with Crippen molar-refractivity contribution in [1.29, 1.82) is 0 Å². The monoisotopic (exact) mass is 292 g/mol. The summed E-state index contributed by atoms with van der Waals surface area (Å²) >= 11 is 5.85. The number of piperidine rings is 1. The second-order valence-electron chi connectivity index (χ2n) is 5.39. The summed E-state index contributed by atoms with van der Waals surface area (Å²) in [6.45, 7) is 4.22. The number of halogens is 1. The Morgan fingerprint density at radius 3 is 3.15 bits per heavy atom. The minimum absolute atomic E-state index is 0.165. The lowest BCUT2D eigenvalue weighted by Crippen LogP contribution is -2.39. The van der Waals surface area contributed by atoms with Crippen LogP contribution in [0.15, 0.2) is 18.3 Å². The Morgan fingerprint density at radius 1 is 1.50 bits per heavy atom. The van der Waals surface area contributed by atoms with Crippen LogP contribution in [0, 0.1) is 5.92 Å². The van der Waals surface area contributed by atoms with Crippen LogP contribution >= 0.6 is 11.6 Å². The quantitative estimate of drug-likeness (QED) is 0.854. The third kappa shape index (κ3) is 2.63. The van der Waals surface area contributed by atoms with Crippen LogP contribution in [0.4, 0.5) is 0 Å². The number of likely N-dealkylation sites (tertiary alicyclic amines) is 1. The van der Waals surface area contributed by atoms with Crippen LogP contribution < -0.4 is 0 Å². The van der Waals surface area contributed by atoms with Gasteiger partial charge in [0.1, 0.15) is 0 Å². The molecule has 1 atom stereocenters. The lowest BCUT2D eigenvalue weighted by molar-refractivity contribution is -0.130. The Labute approximate surface area is 122 Å². The van der Waals surface area contributed by atoms with Gasteiger partial charge >= 0.3 is 0 Å². The van der Waals surface area contributed by atoms with Gasteiger partial charge in [-0.15, -0.1) is 10.2 Å². The second kappa shape index (κ2) is 5.40. The predicted octanol–water partition coefficient (Wildman–Crippen LogP) is 2.34. The zero-order chi connectivity index (χ0) is 14.1. The summed E-state index contributed by atoms with van der Waals surface area (Å²) in [5, 5.41) is 9.48. The number of amides is 1. The van der Waals surface area contributed by atoms with Gasteiger partial charge in [0, 0.05) is 38.1 Å². The first-order valence-corrected chi connectivity index (χ1v) is 7.25. The molecule has 0 N–H and O–H groups in total. The van der Waals surface area contributed by atoms with Crippen molar-refractivity contribution < 1.29 is 4.79 Å². The molecule has 0 spiro atoms. The van der Waals surface area contributed by atoms with Gasteiger partial charge in [0.15, 0.2) is 10.8 Å². The number of rotatable bonds is 2. The fourth-order valence-corrected chi connectivity index (χ4v) is 3.04. The molecule has 6 heteroatoms. The number of carbonyl (C=O) groups excluding carboxylic acids is 1. The minimum atomic E-state index is 0.165. The van der Waals surface area contributed by atoms with Gasteiger partial charge in [0.05, 0.1) is 0 Å². The largest absolute Gasteiger partial charge is 0.343 e. The first-order valence-electron chi connectivity index (χ1n) is 6.87. The number of fused-ring (bicyclic) bond motifs is 1. The van der Waals surface area contributed by atoms with Crippen LogP contribution in [-0.2, 0) is 11.3 Å². The van der Waals surface area contributed by atoms with E-state index in [4.69, 9.17) is 11.6 Å². The van der Waals surface area contributed by atoms with E-state index in [9.17, 15) is 4.79 Å². The van der Waals surface area contributed by atoms with Crippen molar-refractivity contribution in [1.82, 2.24) is 19.7 Å². The van der Waals surface area contributed by atoms with E-state index in [0.717, 1.165) is 43.5 Å². The Hall–Kier alpha value is -1.62. The third-order valence-electron chi connectivity index (χ3n) is 3.90. The van der Waals surface area contributed by atoms with Crippen molar-refractivity contribution in [2.45, 2.75) is 26.3 Å². The molecule has 0 radical (unpaired) electrons. The van der Waals surface area contributed by atoms with Crippen molar-refractivity contribution in [3.8, 4) is 0 Å². The van der Waals surface area contributed by atoms with Crippen LogP contribution in [0.5, 0.6) is 0 Å². The second-order valence-corrected chi connectivity index (χ2v) is 5.77. The van der Waals surface area contributed by atoms with Crippen molar-refractivity contribution in [2.75, 3.05) is 13.1 Å². The van der Waals surface area contributed by atoms with E-state index >= 15 is 0 Å². The lowest BCUT2D eigenvalue weighted by Gasteiger charge is -2.32. The molecule has 1 unspecified atom stereocenters. The van der Waals surface area contributed by atoms with Gasteiger partial charge in [0.25, 0.3) is 0 Å². The fraction of sp³-hybridized carbons (Fsp3) is 0.500. The highest BCUT2D eigenvalue weighted by Crippen LogP contribution is 2.22. The fourth-order valence-electron chi connectivity index (χ4n) is 2.89. The molecule has 3 heterocycles. The third-order valence-corrected chi connectivity index (χ3v) is 4.08. The van der Waals surface area contributed by atoms with Crippen molar-refractivity contribution in [2.24, 2.45) is 5.92 Å². The van der Waals surface area contributed by atoms with Crippen molar-refractivity contribution in [3.63, 3.8) is 0 Å². The molecule has 2 aromatic rings. The highest BCUT2D eigenvalue weighted by Gasteiger charge is 2.22. The maximum absolute atomic E-state index is 11.5. The highest BCUT2D eigenvalue weighted by molar-refractivity contribution is 6.29. The van der Waals surface area contributed by atoms with E-state index in [2.05, 4.69) is 14.8 Å². The SMILES string of the molecule is CC(=O)N1CCCC(Cn2ccc3cc(Cl)nnc32)C1. The molecular formula is C14H17ClN4O. The van der Waals surface area contributed by atoms with E-state index < -0.39 is 0 Å². The molecule has 1 aliphatic heterocycles. The van der Waals surface area contributed by atoms with E-state index in [1.165, 1.54) is 0 Å². The van der Waals surface area contributed by atoms with E-state index in [0.29, 0.717) is 11.1 Å². The number of nitrogens with zero attached hydrogens (tertiary/aromatic N) is 4. The number of hydrogen-bond donors (Lipinski definition) is 0. The van der Waals surface area contributed by atoms with Gasteiger partial charge in [0.2, 0.25) is 5.91 Å². The summed E-state index contributed by atoms with van der Waals surface area (Å²) in [6.07, 6.45) is 4.23. The minimum Gasteiger partial charge on any atom is -0.343 e. The molecule has 106 valence electrons. The molecule has 1 saturated heterocycles. The Bertz CT molecular complexity index is 639. The molecule has 0 aromatic carbocycles. The van der Waals surface area contributed by atoms with Gasteiger partial charge in [-0.25, -0.2) is 0 Å². The molecule has 1 fully saturated rings.